The van der Waals surface area contributed by atoms with Gasteiger partial charge in [0.25, 0.3) is 0 Å². The smallest absolute Gasteiger partial charge is 0.115 e. The van der Waals surface area contributed by atoms with Crippen LogP contribution in [0.2, 0.25) is 0 Å². The fourth-order valence-corrected chi connectivity index (χ4v) is 2.89. The van der Waals surface area contributed by atoms with Crippen LogP contribution in [0.1, 0.15) is 45.2 Å². The quantitative estimate of drug-likeness (QED) is 0.784. The lowest BCUT2D eigenvalue weighted by molar-refractivity contribution is 0.457. The van der Waals surface area contributed by atoms with Gasteiger partial charge in [-0.1, -0.05) is 26.0 Å². The highest BCUT2D eigenvalue weighted by Gasteiger charge is 2.25. The second-order valence-electron chi connectivity index (χ2n) is 4.79. The molecule has 102 valence electrons. The zero-order valence-corrected chi connectivity index (χ0v) is 12.7. The first-order valence-electron chi connectivity index (χ1n) is 6.64. The van der Waals surface area contributed by atoms with E-state index in [9.17, 15) is 5.11 Å². The molecular formula is C15H25NOS. The van der Waals surface area contributed by atoms with Crippen LogP contribution in [0.3, 0.4) is 0 Å². The zero-order valence-electron chi connectivity index (χ0n) is 11.9. The molecule has 1 aromatic rings. The highest BCUT2D eigenvalue weighted by molar-refractivity contribution is 8.00. The Morgan fingerprint density at radius 2 is 1.78 bits per heavy atom. The molecule has 0 saturated heterocycles. The summed E-state index contributed by atoms with van der Waals surface area (Å²) in [5.74, 6) is 0.325. The Hall–Kier alpha value is -0.670. The number of nitrogens with one attached hydrogen (secondary N) is 1. The van der Waals surface area contributed by atoms with Crippen molar-refractivity contribution in [2.75, 3.05) is 12.8 Å². The van der Waals surface area contributed by atoms with Crippen LogP contribution < -0.4 is 5.32 Å². The van der Waals surface area contributed by atoms with Crippen LogP contribution in [0.5, 0.6) is 5.75 Å². The summed E-state index contributed by atoms with van der Waals surface area (Å²) in [6.07, 6.45) is 4.56. The highest BCUT2D eigenvalue weighted by atomic mass is 32.2. The van der Waals surface area contributed by atoms with Crippen molar-refractivity contribution in [3.8, 4) is 5.75 Å². The first kappa shape index (κ1) is 15.4. The van der Waals surface area contributed by atoms with Crippen molar-refractivity contribution in [3.63, 3.8) is 0 Å². The van der Waals surface area contributed by atoms with Gasteiger partial charge < -0.3 is 10.4 Å². The maximum atomic E-state index is 9.29. The Morgan fingerprint density at radius 1 is 1.22 bits per heavy atom. The molecule has 3 heteroatoms. The van der Waals surface area contributed by atoms with Crippen molar-refractivity contribution in [3.05, 3.63) is 29.8 Å². The molecule has 0 spiro atoms. The molecule has 0 saturated carbocycles. The summed E-state index contributed by atoms with van der Waals surface area (Å²) in [6, 6.07) is 7.76. The number of rotatable bonds is 7. The topological polar surface area (TPSA) is 32.3 Å². The third-order valence-corrected chi connectivity index (χ3v) is 5.43. The maximum Gasteiger partial charge on any atom is 0.115 e. The molecular weight excluding hydrogens is 242 g/mol. The van der Waals surface area contributed by atoms with E-state index in [1.165, 1.54) is 18.4 Å². The zero-order chi connectivity index (χ0) is 13.6. The molecule has 1 atom stereocenters. The summed E-state index contributed by atoms with van der Waals surface area (Å²) >= 11 is 1.95. The summed E-state index contributed by atoms with van der Waals surface area (Å²) in [5, 5.41) is 12.9. The Balaban J connectivity index is 2.59. The largest absolute Gasteiger partial charge is 0.508 e. The van der Waals surface area contributed by atoms with E-state index in [0.29, 0.717) is 16.5 Å². The SMILES string of the molecule is CCC(CC)(CNC(C)c1ccc(O)cc1)SC. The maximum absolute atomic E-state index is 9.29. The summed E-state index contributed by atoms with van der Waals surface area (Å²) in [5.41, 5.74) is 1.22. The molecule has 0 aliphatic carbocycles. The monoisotopic (exact) mass is 267 g/mol. The van der Waals surface area contributed by atoms with E-state index in [-0.39, 0.29) is 0 Å². The van der Waals surface area contributed by atoms with E-state index in [1.807, 2.05) is 23.9 Å². The Bertz CT molecular complexity index is 338. The van der Waals surface area contributed by atoms with Crippen LogP contribution in [0.25, 0.3) is 0 Å². The average molecular weight is 267 g/mol. The summed E-state index contributed by atoms with van der Waals surface area (Å²) in [4.78, 5) is 0. The molecule has 0 radical (unpaired) electrons. The number of aromatic hydroxyl groups is 1. The van der Waals surface area contributed by atoms with Gasteiger partial charge in [-0.15, -0.1) is 0 Å². The normalized spacial score (nSPS) is 13.6. The van der Waals surface area contributed by atoms with Gasteiger partial charge >= 0.3 is 0 Å². The van der Waals surface area contributed by atoms with Crippen molar-refractivity contribution >= 4 is 11.8 Å². The second kappa shape index (κ2) is 7.05. The molecule has 2 nitrogen and oxygen atoms in total. The van der Waals surface area contributed by atoms with Gasteiger partial charge in [-0.25, -0.2) is 0 Å². The molecule has 1 aromatic carbocycles. The van der Waals surface area contributed by atoms with Crippen molar-refractivity contribution in [2.24, 2.45) is 0 Å². The minimum atomic E-state index is 0.315. The molecule has 0 bridgehead atoms. The Morgan fingerprint density at radius 3 is 2.22 bits per heavy atom. The second-order valence-corrected chi connectivity index (χ2v) is 6.06. The van der Waals surface area contributed by atoms with E-state index in [1.54, 1.807) is 12.1 Å². The molecule has 18 heavy (non-hydrogen) atoms. The van der Waals surface area contributed by atoms with Crippen LogP contribution in [0, 0.1) is 0 Å². The van der Waals surface area contributed by atoms with E-state index in [2.05, 4.69) is 32.3 Å². The minimum absolute atomic E-state index is 0.315. The molecule has 1 unspecified atom stereocenters. The van der Waals surface area contributed by atoms with Crippen LogP contribution in [-0.2, 0) is 0 Å². The molecule has 0 fully saturated rings. The van der Waals surface area contributed by atoms with E-state index in [4.69, 9.17) is 0 Å². The van der Waals surface area contributed by atoms with E-state index < -0.39 is 0 Å². The number of phenolic OH excluding ortho intramolecular Hbond substituents is 1. The predicted molar refractivity (Wildman–Crippen MR) is 81.4 cm³/mol. The Kier molecular flexibility index (Phi) is 6.03. The van der Waals surface area contributed by atoms with Gasteiger partial charge in [0, 0.05) is 17.3 Å². The lowest BCUT2D eigenvalue weighted by Crippen LogP contribution is -2.37. The van der Waals surface area contributed by atoms with Crippen LogP contribution >= 0.6 is 11.8 Å². The van der Waals surface area contributed by atoms with Gasteiger partial charge in [0.05, 0.1) is 0 Å². The van der Waals surface area contributed by atoms with Crippen molar-refractivity contribution in [1.82, 2.24) is 5.32 Å². The van der Waals surface area contributed by atoms with Crippen LogP contribution in [0.15, 0.2) is 24.3 Å². The molecule has 0 heterocycles. The molecule has 2 N–H and O–H groups in total. The third-order valence-electron chi connectivity index (χ3n) is 3.85. The minimum Gasteiger partial charge on any atom is -0.508 e. The molecule has 1 rings (SSSR count). The highest BCUT2D eigenvalue weighted by Crippen LogP contribution is 2.30. The van der Waals surface area contributed by atoms with Crippen LogP contribution in [0.4, 0.5) is 0 Å². The number of thioether (sulfide) groups is 1. The first-order chi connectivity index (χ1) is 8.56. The number of hydrogen-bond donors (Lipinski definition) is 2. The number of hydrogen-bond acceptors (Lipinski definition) is 3. The Labute approximate surface area is 115 Å². The fraction of sp³-hybridized carbons (Fsp3) is 0.600. The van der Waals surface area contributed by atoms with E-state index >= 15 is 0 Å². The predicted octanol–water partition coefficient (Wildman–Crippen LogP) is 3.96. The van der Waals surface area contributed by atoms with Crippen molar-refractivity contribution in [2.45, 2.75) is 44.4 Å². The molecule has 0 aliphatic heterocycles. The van der Waals surface area contributed by atoms with E-state index in [0.717, 1.165) is 6.54 Å². The number of benzene rings is 1. The lowest BCUT2D eigenvalue weighted by atomic mass is 10.0. The molecule has 0 amide bonds. The first-order valence-corrected chi connectivity index (χ1v) is 7.87. The standard InChI is InChI=1S/C15H25NOS/c1-5-15(6-2,18-4)11-16-12(3)13-7-9-14(17)10-8-13/h7-10,12,16-17H,5-6,11H2,1-4H3. The van der Waals surface area contributed by atoms with Gasteiger partial charge in [0.1, 0.15) is 5.75 Å². The van der Waals surface area contributed by atoms with Gasteiger partial charge in [-0.3, -0.25) is 0 Å². The van der Waals surface area contributed by atoms with Gasteiger partial charge in [-0.2, -0.15) is 11.8 Å². The summed E-state index contributed by atoms with van der Waals surface area (Å²) in [6.45, 7) is 7.70. The van der Waals surface area contributed by atoms with Crippen molar-refractivity contribution < 1.29 is 5.11 Å². The third kappa shape index (κ3) is 3.92. The summed E-state index contributed by atoms with van der Waals surface area (Å²) in [7, 11) is 0. The van der Waals surface area contributed by atoms with Crippen molar-refractivity contribution in [1.29, 1.82) is 0 Å². The fourth-order valence-electron chi connectivity index (χ4n) is 2.08. The molecule has 0 aromatic heterocycles. The lowest BCUT2D eigenvalue weighted by Gasteiger charge is -2.31. The van der Waals surface area contributed by atoms with Crippen LogP contribution in [-0.4, -0.2) is 22.7 Å². The van der Waals surface area contributed by atoms with Gasteiger partial charge in [0.2, 0.25) is 0 Å². The molecule has 0 aliphatic rings. The average Bonchev–Trinajstić information content (AvgIpc) is 2.41. The van der Waals surface area contributed by atoms with Gasteiger partial charge in [0.15, 0.2) is 0 Å². The van der Waals surface area contributed by atoms with Gasteiger partial charge in [-0.05, 0) is 43.7 Å². The summed E-state index contributed by atoms with van der Waals surface area (Å²) < 4.78 is 0.338. The number of phenols is 1.